The summed E-state index contributed by atoms with van der Waals surface area (Å²) in [5, 5.41) is 7.67. The first-order chi connectivity index (χ1) is 16.9. The van der Waals surface area contributed by atoms with Crippen molar-refractivity contribution in [2.24, 2.45) is 5.73 Å². The Balaban J connectivity index is 1.37. The number of hydrogen-bond donors (Lipinski definition) is 2. The van der Waals surface area contributed by atoms with Gasteiger partial charge in [0.1, 0.15) is 10.9 Å². The molecule has 0 atom stereocenters. The molecule has 2 amide bonds. The Labute approximate surface area is 207 Å². The third-order valence-corrected chi connectivity index (χ3v) is 5.43. The van der Waals surface area contributed by atoms with Gasteiger partial charge in [-0.3, -0.25) is 9.59 Å². The number of benzene rings is 2. The van der Waals surface area contributed by atoms with Crippen molar-refractivity contribution in [2.75, 3.05) is 5.32 Å². The lowest BCUT2D eigenvalue weighted by molar-refractivity contribution is -0.111. The summed E-state index contributed by atoms with van der Waals surface area (Å²) in [6.07, 6.45) is 4.50. The van der Waals surface area contributed by atoms with Crippen LogP contribution in [0.25, 0.3) is 6.08 Å². The Morgan fingerprint density at radius 2 is 1.91 bits per heavy atom. The first-order valence-corrected chi connectivity index (χ1v) is 11.1. The molecule has 8 nitrogen and oxygen atoms in total. The molecule has 35 heavy (non-hydrogen) atoms. The lowest BCUT2D eigenvalue weighted by Crippen LogP contribution is -2.10. The lowest BCUT2D eigenvalue weighted by Gasteiger charge is -2.07. The Hall–Kier alpha value is -4.43. The van der Waals surface area contributed by atoms with Crippen molar-refractivity contribution in [1.82, 2.24) is 14.8 Å². The second-order valence-corrected chi connectivity index (χ2v) is 7.99. The van der Waals surface area contributed by atoms with Crippen molar-refractivity contribution in [3.05, 3.63) is 107 Å². The molecule has 9 heteroatoms. The molecule has 0 radical (unpaired) electrons. The quantitative estimate of drug-likeness (QED) is 0.346. The summed E-state index contributed by atoms with van der Waals surface area (Å²) in [6, 6.07) is 19.6. The van der Waals surface area contributed by atoms with Crippen LogP contribution in [0.5, 0.6) is 11.6 Å². The van der Waals surface area contributed by atoms with E-state index in [2.05, 4.69) is 15.4 Å². The van der Waals surface area contributed by atoms with E-state index in [9.17, 15) is 9.59 Å². The average molecular weight is 488 g/mol. The van der Waals surface area contributed by atoms with Crippen molar-refractivity contribution in [1.29, 1.82) is 0 Å². The lowest BCUT2D eigenvalue weighted by atomic mass is 10.2. The molecule has 0 saturated carbocycles. The molecule has 2 aromatic carbocycles. The van der Waals surface area contributed by atoms with Gasteiger partial charge in [0.05, 0.1) is 24.1 Å². The fraction of sp³-hybridized carbons (Fsp3) is 0.0769. The molecule has 0 aliphatic rings. The Morgan fingerprint density at radius 3 is 2.63 bits per heavy atom. The van der Waals surface area contributed by atoms with Crippen LogP contribution in [0.1, 0.15) is 27.2 Å². The van der Waals surface area contributed by atoms with Gasteiger partial charge in [0.2, 0.25) is 17.7 Å². The molecule has 176 valence electrons. The minimum Gasteiger partial charge on any atom is -0.439 e. The maximum atomic E-state index is 12.4. The topological polar surface area (TPSA) is 112 Å². The number of carbonyl (C=O) groups is 2. The van der Waals surface area contributed by atoms with Gasteiger partial charge >= 0.3 is 0 Å². The maximum absolute atomic E-state index is 12.4. The summed E-state index contributed by atoms with van der Waals surface area (Å²) in [5.74, 6) is -0.169. The minimum atomic E-state index is -0.547. The van der Waals surface area contributed by atoms with Crippen LogP contribution in [0.15, 0.2) is 79.0 Å². The summed E-state index contributed by atoms with van der Waals surface area (Å²) < 4.78 is 7.34. The van der Waals surface area contributed by atoms with Gasteiger partial charge in [-0.15, -0.1) is 0 Å². The number of rotatable bonds is 8. The molecule has 2 aromatic heterocycles. The number of nitrogens with two attached hydrogens (primary N) is 1. The molecule has 0 aliphatic carbocycles. The van der Waals surface area contributed by atoms with E-state index in [1.807, 2.05) is 37.3 Å². The number of pyridine rings is 1. The fourth-order valence-electron chi connectivity index (χ4n) is 3.31. The third kappa shape index (κ3) is 6.13. The van der Waals surface area contributed by atoms with Gasteiger partial charge in [0, 0.05) is 23.3 Å². The minimum absolute atomic E-state index is 0.299. The van der Waals surface area contributed by atoms with Crippen molar-refractivity contribution >= 4 is 35.2 Å². The van der Waals surface area contributed by atoms with Crippen LogP contribution in [0.3, 0.4) is 0 Å². The second kappa shape index (κ2) is 10.7. The predicted octanol–water partition coefficient (Wildman–Crippen LogP) is 4.83. The number of aromatic nitrogens is 3. The molecular weight excluding hydrogens is 466 g/mol. The number of nitrogens with one attached hydrogen (secondary N) is 1. The van der Waals surface area contributed by atoms with E-state index >= 15 is 0 Å². The van der Waals surface area contributed by atoms with Crippen LogP contribution >= 0.6 is 11.6 Å². The first kappa shape index (κ1) is 23.7. The van der Waals surface area contributed by atoms with Crippen LogP contribution in [0.4, 0.5) is 5.69 Å². The number of primary amides is 1. The van der Waals surface area contributed by atoms with E-state index in [1.165, 1.54) is 18.3 Å². The highest BCUT2D eigenvalue weighted by Crippen LogP contribution is 2.23. The molecule has 4 rings (SSSR count). The largest absolute Gasteiger partial charge is 0.439 e. The van der Waals surface area contributed by atoms with Gasteiger partial charge in [-0.1, -0.05) is 48.0 Å². The van der Waals surface area contributed by atoms with E-state index in [1.54, 1.807) is 41.1 Å². The standard InChI is InChI=1S/C26H22ClN5O3/c1-17-22(25(27)32(31-17)16-18-6-3-2-4-7-18)11-12-23(33)30-20-10-13-24(29-15-20)35-21-9-5-8-19(14-21)26(28)34/h2-15H,16H2,1H3,(H2,28,34)(H,30,33)/b12-11+. The number of ether oxygens (including phenoxy) is 1. The molecule has 3 N–H and O–H groups in total. The zero-order valence-electron chi connectivity index (χ0n) is 18.8. The molecule has 2 heterocycles. The molecule has 0 saturated heterocycles. The van der Waals surface area contributed by atoms with E-state index in [0.717, 1.165) is 11.3 Å². The number of nitrogens with zero attached hydrogens (tertiary/aromatic N) is 3. The Bertz CT molecular complexity index is 1380. The van der Waals surface area contributed by atoms with Crippen molar-refractivity contribution in [2.45, 2.75) is 13.5 Å². The highest BCUT2D eigenvalue weighted by Gasteiger charge is 2.12. The predicted molar refractivity (Wildman–Crippen MR) is 134 cm³/mol. The smallest absolute Gasteiger partial charge is 0.248 e. The third-order valence-electron chi connectivity index (χ3n) is 5.03. The zero-order valence-corrected chi connectivity index (χ0v) is 19.6. The van der Waals surface area contributed by atoms with E-state index in [-0.39, 0.29) is 5.91 Å². The molecule has 4 aromatic rings. The van der Waals surface area contributed by atoms with Crippen LogP contribution in [0, 0.1) is 6.92 Å². The van der Waals surface area contributed by atoms with Crippen molar-refractivity contribution in [3.8, 4) is 11.6 Å². The number of carbonyl (C=O) groups excluding carboxylic acids is 2. The van der Waals surface area contributed by atoms with Crippen molar-refractivity contribution < 1.29 is 14.3 Å². The number of amides is 2. The summed E-state index contributed by atoms with van der Waals surface area (Å²) in [7, 11) is 0. The number of hydrogen-bond acceptors (Lipinski definition) is 5. The Morgan fingerprint density at radius 1 is 1.11 bits per heavy atom. The van der Waals surface area contributed by atoms with Gasteiger partial charge in [0.15, 0.2) is 0 Å². The number of aryl methyl sites for hydroxylation is 1. The highest BCUT2D eigenvalue weighted by molar-refractivity contribution is 6.31. The summed E-state index contributed by atoms with van der Waals surface area (Å²) in [6.45, 7) is 2.38. The number of anilines is 1. The van der Waals surface area contributed by atoms with E-state index in [0.29, 0.717) is 40.1 Å². The van der Waals surface area contributed by atoms with Gasteiger partial charge in [0.25, 0.3) is 0 Å². The van der Waals surface area contributed by atoms with Gasteiger partial charge < -0.3 is 15.8 Å². The summed E-state index contributed by atoms with van der Waals surface area (Å²) in [5.41, 5.74) is 8.58. The zero-order chi connectivity index (χ0) is 24.8. The highest BCUT2D eigenvalue weighted by atomic mass is 35.5. The molecular formula is C26H22ClN5O3. The average Bonchev–Trinajstić information content (AvgIpc) is 3.11. The molecule has 0 spiro atoms. The maximum Gasteiger partial charge on any atom is 0.248 e. The fourth-order valence-corrected chi connectivity index (χ4v) is 3.61. The van der Waals surface area contributed by atoms with Gasteiger partial charge in [-0.05, 0) is 42.8 Å². The van der Waals surface area contributed by atoms with Gasteiger partial charge in [-0.25, -0.2) is 9.67 Å². The molecule has 0 unspecified atom stereocenters. The monoisotopic (exact) mass is 487 g/mol. The van der Waals surface area contributed by atoms with Crippen LogP contribution in [-0.4, -0.2) is 26.6 Å². The van der Waals surface area contributed by atoms with Crippen molar-refractivity contribution in [3.63, 3.8) is 0 Å². The normalized spacial score (nSPS) is 10.9. The molecule has 0 fully saturated rings. The molecule has 0 bridgehead atoms. The van der Waals surface area contributed by atoms with Gasteiger partial charge in [-0.2, -0.15) is 5.10 Å². The summed E-state index contributed by atoms with van der Waals surface area (Å²) in [4.78, 5) is 27.9. The van der Waals surface area contributed by atoms with Crippen LogP contribution < -0.4 is 15.8 Å². The van der Waals surface area contributed by atoms with Crippen LogP contribution in [0.2, 0.25) is 5.15 Å². The van der Waals surface area contributed by atoms with Crippen LogP contribution in [-0.2, 0) is 11.3 Å². The summed E-state index contributed by atoms with van der Waals surface area (Å²) >= 11 is 6.50. The first-order valence-electron chi connectivity index (χ1n) is 10.7. The Kier molecular flexibility index (Phi) is 7.23. The van der Waals surface area contributed by atoms with E-state index in [4.69, 9.17) is 22.1 Å². The SMILES string of the molecule is Cc1nn(Cc2ccccc2)c(Cl)c1/C=C/C(=O)Nc1ccc(Oc2cccc(C(N)=O)c2)nc1. The molecule has 0 aliphatic heterocycles. The number of halogens is 1. The second-order valence-electron chi connectivity index (χ2n) is 7.63. The van der Waals surface area contributed by atoms with E-state index < -0.39 is 5.91 Å².